The standard InChI is InChI=1S/C23H26N4O2/c1-23(2)12-19(15-26(23)14-17-8-4-3-5-9-17)25-21(28)16-27-22(29)20-11-7-6-10-18(20)13-24-27/h3-11,13,19H,12,14-16H2,1-2H3,(H,25,28). The van der Waals surface area contributed by atoms with Gasteiger partial charge in [-0.3, -0.25) is 14.5 Å². The summed E-state index contributed by atoms with van der Waals surface area (Å²) in [6.45, 7) is 5.98. The van der Waals surface area contributed by atoms with Crippen LogP contribution in [-0.2, 0) is 17.9 Å². The Hall–Kier alpha value is -2.99. The average molecular weight is 390 g/mol. The summed E-state index contributed by atoms with van der Waals surface area (Å²) in [4.78, 5) is 27.6. The van der Waals surface area contributed by atoms with Crippen molar-refractivity contribution in [3.05, 3.63) is 76.7 Å². The fourth-order valence-corrected chi connectivity index (χ4v) is 4.14. The predicted octanol–water partition coefficient (Wildman–Crippen LogP) is 2.57. The number of likely N-dealkylation sites (tertiary alicyclic amines) is 1. The number of hydrogen-bond donors (Lipinski definition) is 1. The highest BCUT2D eigenvalue weighted by molar-refractivity contribution is 5.81. The van der Waals surface area contributed by atoms with Gasteiger partial charge in [-0.25, -0.2) is 4.68 Å². The molecule has 3 aromatic rings. The zero-order valence-corrected chi connectivity index (χ0v) is 16.8. The zero-order chi connectivity index (χ0) is 20.4. The molecule has 2 aromatic carbocycles. The lowest BCUT2D eigenvalue weighted by molar-refractivity contribution is -0.122. The number of rotatable bonds is 5. The number of hydrogen-bond acceptors (Lipinski definition) is 4. The Morgan fingerprint density at radius 2 is 1.86 bits per heavy atom. The zero-order valence-electron chi connectivity index (χ0n) is 16.8. The summed E-state index contributed by atoms with van der Waals surface area (Å²) >= 11 is 0. The van der Waals surface area contributed by atoms with E-state index in [-0.39, 0.29) is 29.6 Å². The van der Waals surface area contributed by atoms with Crippen LogP contribution in [0, 0.1) is 0 Å². The lowest BCUT2D eigenvalue weighted by Crippen LogP contribution is -2.40. The van der Waals surface area contributed by atoms with E-state index in [2.05, 4.69) is 41.3 Å². The average Bonchev–Trinajstić information content (AvgIpc) is 2.97. The van der Waals surface area contributed by atoms with E-state index < -0.39 is 0 Å². The summed E-state index contributed by atoms with van der Waals surface area (Å²) in [5.41, 5.74) is 1.02. The van der Waals surface area contributed by atoms with E-state index in [0.29, 0.717) is 5.39 Å². The Morgan fingerprint density at radius 1 is 1.14 bits per heavy atom. The van der Waals surface area contributed by atoms with Gasteiger partial charge in [0.05, 0.1) is 11.6 Å². The van der Waals surface area contributed by atoms with Crippen molar-refractivity contribution in [3.63, 3.8) is 0 Å². The monoisotopic (exact) mass is 390 g/mol. The first-order valence-electron chi connectivity index (χ1n) is 9.95. The van der Waals surface area contributed by atoms with Gasteiger partial charge in [0.15, 0.2) is 0 Å². The summed E-state index contributed by atoms with van der Waals surface area (Å²) in [6.07, 6.45) is 2.50. The minimum Gasteiger partial charge on any atom is -0.350 e. The largest absolute Gasteiger partial charge is 0.350 e. The highest BCUT2D eigenvalue weighted by Gasteiger charge is 2.38. The van der Waals surface area contributed by atoms with Gasteiger partial charge in [0.1, 0.15) is 6.54 Å². The van der Waals surface area contributed by atoms with Crippen LogP contribution in [0.3, 0.4) is 0 Å². The maximum atomic E-state index is 12.6. The van der Waals surface area contributed by atoms with Crippen LogP contribution in [0.25, 0.3) is 10.8 Å². The molecule has 2 heterocycles. The van der Waals surface area contributed by atoms with Crippen LogP contribution in [0.4, 0.5) is 0 Å². The quantitative estimate of drug-likeness (QED) is 0.727. The minimum absolute atomic E-state index is 0.00811. The van der Waals surface area contributed by atoms with Gasteiger partial charge in [-0.05, 0) is 31.9 Å². The molecule has 1 aliphatic heterocycles. The number of benzene rings is 2. The lowest BCUT2D eigenvalue weighted by Gasteiger charge is -2.31. The maximum Gasteiger partial charge on any atom is 0.275 e. The molecule has 4 rings (SSSR count). The van der Waals surface area contributed by atoms with Crippen LogP contribution in [0.5, 0.6) is 0 Å². The second kappa shape index (κ2) is 7.79. The number of nitrogens with zero attached hydrogens (tertiary/aromatic N) is 3. The molecule has 1 fully saturated rings. The molecule has 1 unspecified atom stereocenters. The van der Waals surface area contributed by atoms with Gasteiger partial charge in [0.2, 0.25) is 5.91 Å². The first kappa shape index (κ1) is 19.3. The lowest BCUT2D eigenvalue weighted by atomic mass is 10.00. The van der Waals surface area contributed by atoms with E-state index in [0.717, 1.165) is 24.9 Å². The Bertz CT molecular complexity index is 1070. The summed E-state index contributed by atoms with van der Waals surface area (Å²) in [5.74, 6) is -0.183. The van der Waals surface area contributed by atoms with Crippen LogP contribution in [-0.4, -0.2) is 38.7 Å². The third kappa shape index (κ3) is 4.22. The Morgan fingerprint density at radius 3 is 2.66 bits per heavy atom. The van der Waals surface area contributed by atoms with Crippen molar-refractivity contribution in [1.82, 2.24) is 20.0 Å². The van der Waals surface area contributed by atoms with Gasteiger partial charge in [0, 0.05) is 30.1 Å². The van der Waals surface area contributed by atoms with Gasteiger partial charge in [0.25, 0.3) is 5.56 Å². The summed E-state index contributed by atoms with van der Waals surface area (Å²) < 4.78 is 1.24. The van der Waals surface area contributed by atoms with Crippen LogP contribution in [0.15, 0.2) is 65.6 Å². The highest BCUT2D eigenvalue weighted by atomic mass is 16.2. The Kier molecular flexibility index (Phi) is 5.20. The second-order valence-corrected chi connectivity index (χ2v) is 8.34. The molecule has 0 radical (unpaired) electrons. The minimum atomic E-state index is -0.240. The van der Waals surface area contributed by atoms with E-state index in [1.54, 1.807) is 12.3 Å². The number of fused-ring (bicyclic) bond motifs is 1. The van der Waals surface area contributed by atoms with E-state index in [1.165, 1.54) is 10.2 Å². The van der Waals surface area contributed by atoms with Crippen molar-refractivity contribution >= 4 is 16.7 Å². The first-order chi connectivity index (χ1) is 13.9. The molecule has 1 amide bonds. The fourth-order valence-electron chi connectivity index (χ4n) is 4.14. The van der Waals surface area contributed by atoms with Crippen molar-refractivity contribution in [2.24, 2.45) is 0 Å². The highest BCUT2D eigenvalue weighted by Crippen LogP contribution is 2.30. The van der Waals surface area contributed by atoms with Crippen molar-refractivity contribution in [2.45, 2.75) is 44.9 Å². The van der Waals surface area contributed by atoms with Crippen LogP contribution in [0.2, 0.25) is 0 Å². The molecular formula is C23H26N4O2. The van der Waals surface area contributed by atoms with Crippen LogP contribution >= 0.6 is 0 Å². The van der Waals surface area contributed by atoms with E-state index >= 15 is 0 Å². The van der Waals surface area contributed by atoms with Crippen molar-refractivity contribution in [1.29, 1.82) is 0 Å². The molecule has 1 aliphatic rings. The molecule has 1 N–H and O–H groups in total. The normalized spacial score (nSPS) is 18.8. The molecule has 6 heteroatoms. The fraction of sp³-hybridized carbons (Fsp3) is 0.348. The molecule has 1 atom stereocenters. The molecular weight excluding hydrogens is 364 g/mol. The van der Waals surface area contributed by atoms with E-state index in [9.17, 15) is 9.59 Å². The van der Waals surface area contributed by atoms with Gasteiger partial charge < -0.3 is 5.32 Å². The second-order valence-electron chi connectivity index (χ2n) is 8.34. The van der Waals surface area contributed by atoms with Crippen molar-refractivity contribution < 1.29 is 4.79 Å². The van der Waals surface area contributed by atoms with Gasteiger partial charge in [-0.1, -0.05) is 48.5 Å². The van der Waals surface area contributed by atoms with E-state index in [4.69, 9.17) is 0 Å². The van der Waals surface area contributed by atoms with Gasteiger partial charge >= 0.3 is 0 Å². The van der Waals surface area contributed by atoms with Crippen LogP contribution < -0.4 is 10.9 Å². The number of carbonyl (C=O) groups is 1. The molecule has 150 valence electrons. The van der Waals surface area contributed by atoms with Gasteiger partial charge in [-0.2, -0.15) is 5.10 Å². The number of carbonyl (C=O) groups excluding carboxylic acids is 1. The molecule has 0 spiro atoms. The van der Waals surface area contributed by atoms with E-state index in [1.807, 2.05) is 36.4 Å². The first-order valence-corrected chi connectivity index (χ1v) is 9.95. The molecule has 0 saturated carbocycles. The van der Waals surface area contributed by atoms with Gasteiger partial charge in [-0.15, -0.1) is 0 Å². The van der Waals surface area contributed by atoms with Crippen molar-refractivity contribution in [2.75, 3.05) is 6.54 Å². The topological polar surface area (TPSA) is 67.2 Å². The molecule has 0 bridgehead atoms. The molecule has 6 nitrogen and oxygen atoms in total. The molecule has 1 saturated heterocycles. The third-order valence-electron chi connectivity index (χ3n) is 5.68. The van der Waals surface area contributed by atoms with Crippen molar-refractivity contribution in [3.8, 4) is 0 Å². The molecule has 1 aromatic heterocycles. The maximum absolute atomic E-state index is 12.6. The number of nitrogens with one attached hydrogen (secondary N) is 1. The van der Waals surface area contributed by atoms with Crippen LogP contribution in [0.1, 0.15) is 25.8 Å². The molecule has 0 aliphatic carbocycles. The number of aromatic nitrogens is 2. The summed E-state index contributed by atoms with van der Waals surface area (Å²) in [7, 11) is 0. The summed E-state index contributed by atoms with van der Waals surface area (Å²) in [5, 5.41) is 8.60. The molecule has 29 heavy (non-hydrogen) atoms. The summed E-state index contributed by atoms with van der Waals surface area (Å²) in [6, 6.07) is 17.7. The smallest absolute Gasteiger partial charge is 0.275 e. The Labute approximate surface area is 170 Å². The number of amides is 1. The third-order valence-corrected chi connectivity index (χ3v) is 5.68. The predicted molar refractivity (Wildman–Crippen MR) is 113 cm³/mol. The SMILES string of the molecule is CC1(C)CC(NC(=O)Cn2ncc3ccccc3c2=O)CN1Cc1ccccc1. The Balaban J connectivity index is 1.41.